The summed E-state index contributed by atoms with van der Waals surface area (Å²) >= 11 is 0. The lowest BCUT2D eigenvalue weighted by Crippen LogP contribution is -3.12. The lowest BCUT2D eigenvalue weighted by atomic mass is 9.95. The lowest BCUT2D eigenvalue weighted by molar-refractivity contribution is -0.921. The fraction of sp³-hybridized carbons (Fsp3) is 0.667. The van der Waals surface area contributed by atoms with Gasteiger partial charge in [-0.2, -0.15) is 0 Å². The van der Waals surface area contributed by atoms with Crippen LogP contribution in [0.4, 0.5) is 0 Å². The summed E-state index contributed by atoms with van der Waals surface area (Å²) in [5, 5.41) is 0. The Morgan fingerprint density at radius 3 is 2.58 bits per heavy atom. The monoisotopic (exact) mass is 361 g/mol. The number of nitrogens with zero attached hydrogens (tertiary/aromatic N) is 1. The van der Waals surface area contributed by atoms with Crippen LogP contribution in [0.25, 0.3) is 0 Å². The number of nitrogens with one attached hydrogen (secondary N) is 1. The van der Waals surface area contributed by atoms with Crippen molar-refractivity contribution in [2.24, 2.45) is 5.92 Å². The number of methoxy groups -OCH3 is 2. The molecule has 1 aromatic rings. The molecule has 0 aliphatic carbocycles. The van der Waals surface area contributed by atoms with Gasteiger partial charge in [-0.15, -0.1) is 0 Å². The summed E-state index contributed by atoms with van der Waals surface area (Å²) < 4.78 is 10.9. The standard InChI is InChI=1S/C21H32N2O3/c1-25-19-9-10-20(26-2)18(14-19)16-22-11-7-8-17(15-22)21(24)23-12-5-3-4-6-13-23/h9-10,14,17H,3-8,11-13,15-16H2,1-2H3/p+1. The van der Waals surface area contributed by atoms with Gasteiger partial charge in [-0.3, -0.25) is 4.79 Å². The first-order valence-corrected chi connectivity index (χ1v) is 10.0. The maximum Gasteiger partial charge on any atom is 0.231 e. The number of benzene rings is 1. The highest BCUT2D eigenvalue weighted by Gasteiger charge is 2.32. The normalized spacial score (nSPS) is 24.0. The largest absolute Gasteiger partial charge is 0.497 e. The molecule has 0 saturated carbocycles. The third-order valence-electron chi connectivity index (χ3n) is 5.81. The van der Waals surface area contributed by atoms with E-state index in [1.807, 2.05) is 12.1 Å². The van der Waals surface area contributed by atoms with Gasteiger partial charge in [-0.05, 0) is 43.9 Å². The van der Waals surface area contributed by atoms with Gasteiger partial charge in [-0.1, -0.05) is 12.8 Å². The third-order valence-corrected chi connectivity index (χ3v) is 5.81. The first-order valence-electron chi connectivity index (χ1n) is 10.0. The molecule has 26 heavy (non-hydrogen) atoms. The predicted molar refractivity (Wildman–Crippen MR) is 102 cm³/mol. The number of quaternary nitrogens is 1. The second-order valence-electron chi connectivity index (χ2n) is 7.64. The minimum atomic E-state index is 0.174. The van der Waals surface area contributed by atoms with Crippen molar-refractivity contribution in [3.8, 4) is 11.5 Å². The fourth-order valence-corrected chi connectivity index (χ4v) is 4.36. The van der Waals surface area contributed by atoms with E-state index in [4.69, 9.17) is 9.47 Å². The van der Waals surface area contributed by atoms with Crippen LogP contribution >= 0.6 is 0 Å². The molecule has 2 aliphatic rings. The molecule has 0 spiro atoms. The van der Waals surface area contributed by atoms with Gasteiger partial charge in [0, 0.05) is 13.1 Å². The molecular weight excluding hydrogens is 328 g/mol. The van der Waals surface area contributed by atoms with Gasteiger partial charge in [0.1, 0.15) is 18.0 Å². The van der Waals surface area contributed by atoms with E-state index in [-0.39, 0.29) is 5.92 Å². The van der Waals surface area contributed by atoms with Crippen LogP contribution in [0, 0.1) is 5.92 Å². The molecule has 3 rings (SSSR count). The van der Waals surface area contributed by atoms with Crippen molar-refractivity contribution in [1.82, 2.24) is 4.90 Å². The molecule has 144 valence electrons. The van der Waals surface area contributed by atoms with Crippen LogP contribution in [0.3, 0.4) is 0 Å². The van der Waals surface area contributed by atoms with Crippen LogP contribution in [0.2, 0.25) is 0 Å². The number of hydrogen-bond donors (Lipinski definition) is 1. The highest BCUT2D eigenvalue weighted by atomic mass is 16.5. The summed E-state index contributed by atoms with van der Waals surface area (Å²) in [6.07, 6.45) is 7.01. The average molecular weight is 362 g/mol. The van der Waals surface area contributed by atoms with Gasteiger partial charge in [0.05, 0.1) is 38.8 Å². The molecule has 5 heteroatoms. The Bertz CT molecular complexity index is 597. The molecule has 2 aliphatic heterocycles. The van der Waals surface area contributed by atoms with Crippen LogP contribution in [0.15, 0.2) is 18.2 Å². The van der Waals surface area contributed by atoms with Crippen molar-refractivity contribution in [3.63, 3.8) is 0 Å². The van der Waals surface area contributed by atoms with Gasteiger partial charge in [0.2, 0.25) is 5.91 Å². The second kappa shape index (κ2) is 9.26. The summed E-state index contributed by atoms with van der Waals surface area (Å²) in [5.41, 5.74) is 1.16. The lowest BCUT2D eigenvalue weighted by Gasteiger charge is -2.32. The molecule has 2 fully saturated rings. The van der Waals surface area contributed by atoms with Crippen molar-refractivity contribution < 1.29 is 19.2 Å². The van der Waals surface area contributed by atoms with Crippen molar-refractivity contribution in [2.75, 3.05) is 40.4 Å². The molecule has 1 N–H and O–H groups in total. The summed E-state index contributed by atoms with van der Waals surface area (Å²) in [5.74, 6) is 2.32. The Balaban J connectivity index is 1.64. The number of amides is 1. The number of carbonyl (C=O) groups excluding carboxylic acids is 1. The first kappa shape index (κ1) is 19.0. The fourth-order valence-electron chi connectivity index (χ4n) is 4.36. The van der Waals surface area contributed by atoms with Gasteiger partial charge in [0.15, 0.2) is 0 Å². The van der Waals surface area contributed by atoms with Crippen molar-refractivity contribution in [2.45, 2.75) is 45.1 Å². The minimum Gasteiger partial charge on any atom is -0.497 e. The average Bonchev–Trinajstić information content (AvgIpc) is 2.97. The van der Waals surface area contributed by atoms with E-state index in [0.717, 1.165) is 75.5 Å². The Morgan fingerprint density at radius 1 is 1.12 bits per heavy atom. The summed E-state index contributed by atoms with van der Waals surface area (Å²) in [4.78, 5) is 16.6. The molecule has 2 heterocycles. The van der Waals surface area contributed by atoms with E-state index < -0.39 is 0 Å². The Hall–Kier alpha value is -1.75. The number of carbonyl (C=O) groups is 1. The van der Waals surface area contributed by atoms with Gasteiger partial charge in [0.25, 0.3) is 0 Å². The third kappa shape index (κ3) is 4.70. The quantitative estimate of drug-likeness (QED) is 0.871. The van der Waals surface area contributed by atoms with Crippen LogP contribution < -0.4 is 14.4 Å². The van der Waals surface area contributed by atoms with Crippen LogP contribution in [0.1, 0.15) is 44.1 Å². The molecule has 0 radical (unpaired) electrons. The topological polar surface area (TPSA) is 43.2 Å². The van der Waals surface area contributed by atoms with E-state index >= 15 is 0 Å². The molecule has 2 unspecified atom stereocenters. The minimum absolute atomic E-state index is 0.174. The molecular formula is C21H33N2O3+. The zero-order valence-corrected chi connectivity index (χ0v) is 16.3. The van der Waals surface area contributed by atoms with Crippen molar-refractivity contribution in [1.29, 1.82) is 0 Å². The Morgan fingerprint density at radius 2 is 1.88 bits per heavy atom. The van der Waals surface area contributed by atoms with E-state index in [9.17, 15) is 4.79 Å². The maximum absolute atomic E-state index is 13.0. The molecule has 1 aromatic carbocycles. The number of hydrogen-bond acceptors (Lipinski definition) is 3. The molecule has 0 bridgehead atoms. The molecule has 1 amide bonds. The zero-order valence-electron chi connectivity index (χ0n) is 16.3. The molecule has 5 nitrogen and oxygen atoms in total. The molecule has 0 aromatic heterocycles. The number of ether oxygens (including phenoxy) is 2. The molecule has 2 saturated heterocycles. The predicted octanol–water partition coefficient (Wildman–Crippen LogP) is 1.90. The maximum atomic E-state index is 13.0. The second-order valence-corrected chi connectivity index (χ2v) is 7.64. The highest BCUT2D eigenvalue weighted by molar-refractivity contribution is 5.79. The van der Waals surface area contributed by atoms with Crippen LogP contribution in [-0.4, -0.2) is 51.2 Å². The van der Waals surface area contributed by atoms with Crippen LogP contribution in [-0.2, 0) is 11.3 Å². The summed E-state index contributed by atoms with van der Waals surface area (Å²) in [7, 11) is 3.40. The van der Waals surface area contributed by atoms with Gasteiger partial charge in [-0.25, -0.2) is 0 Å². The SMILES string of the molecule is COc1ccc(OC)c(C[NH+]2CCCC(C(=O)N3CCCCCC3)C2)c1. The number of piperidine rings is 1. The van der Waals surface area contributed by atoms with Crippen molar-refractivity contribution in [3.05, 3.63) is 23.8 Å². The first-order chi connectivity index (χ1) is 12.7. The van der Waals surface area contributed by atoms with Crippen LogP contribution in [0.5, 0.6) is 11.5 Å². The smallest absolute Gasteiger partial charge is 0.231 e. The van der Waals surface area contributed by atoms with Crippen molar-refractivity contribution >= 4 is 5.91 Å². The Labute approximate surface area is 157 Å². The highest BCUT2D eigenvalue weighted by Crippen LogP contribution is 2.23. The van der Waals surface area contributed by atoms with E-state index in [1.54, 1.807) is 14.2 Å². The van der Waals surface area contributed by atoms with Gasteiger partial charge < -0.3 is 19.3 Å². The molecule has 2 atom stereocenters. The van der Waals surface area contributed by atoms with E-state index in [1.165, 1.54) is 17.7 Å². The van der Waals surface area contributed by atoms with Gasteiger partial charge >= 0.3 is 0 Å². The zero-order chi connectivity index (χ0) is 18.4. The number of rotatable bonds is 5. The number of likely N-dealkylation sites (tertiary alicyclic amines) is 2. The van der Waals surface area contributed by atoms with E-state index in [0.29, 0.717) is 5.91 Å². The summed E-state index contributed by atoms with van der Waals surface area (Å²) in [6, 6.07) is 5.96. The van der Waals surface area contributed by atoms with E-state index in [2.05, 4.69) is 11.0 Å². The Kier molecular flexibility index (Phi) is 6.78. The summed E-state index contributed by atoms with van der Waals surface area (Å²) in [6.45, 7) is 4.83.